The van der Waals surface area contributed by atoms with E-state index in [0.29, 0.717) is 21.7 Å². The molecule has 5 aromatic carbocycles. The van der Waals surface area contributed by atoms with E-state index in [1.54, 1.807) is 0 Å². The lowest BCUT2D eigenvalue weighted by Gasteiger charge is -2.05. The molecule has 12 N–H and O–H groups in total. The third-order valence-electron chi connectivity index (χ3n) is 3.92. The number of hydrogen-bond donors (Lipinski definition) is 7. The standard InChI is InChI=1S/C10H8.3C6H6.4C5H12.C2H7N3.2C2H6N2.C2H7N/c1-2-6-10-8-4-3-7-9(10)5-1;3*1-2-4-6-5-3-1;4*1-5(2,3)4;1-5-2(3)4;2*1-2(3)4;1-2-3/h1-8H;3*1-6H;4*1-4H3;1H3,(H4,3,4,5);2*1H3,(H3,3,4);2-3H2,1H3. The fourth-order valence-electron chi connectivity index (χ4n) is 2.29. The van der Waals surface area contributed by atoms with Gasteiger partial charge in [0.25, 0.3) is 0 Å². The van der Waals surface area contributed by atoms with Gasteiger partial charge in [-0.05, 0) is 52.8 Å². The summed E-state index contributed by atoms with van der Waals surface area (Å²) < 4.78 is 0. The predicted molar refractivity (Wildman–Crippen MR) is 295 cm³/mol. The highest BCUT2D eigenvalue weighted by Crippen LogP contribution is 2.11. The number of hydrogen-bond acceptors (Lipinski definition) is 4. The maximum atomic E-state index is 6.28. The van der Waals surface area contributed by atoms with E-state index in [0.717, 1.165) is 6.54 Å². The molecule has 0 radical (unpaired) electrons. The van der Waals surface area contributed by atoms with Crippen molar-refractivity contribution in [2.24, 2.45) is 55.3 Å². The molecule has 0 heterocycles. The third kappa shape index (κ3) is 165. The number of benzene rings is 5. The minimum atomic E-state index is 0.130. The minimum absolute atomic E-state index is 0.130. The van der Waals surface area contributed by atoms with Crippen LogP contribution < -0.4 is 28.7 Å². The van der Waals surface area contributed by atoms with Crippen LogP contribution in [0.25, 0.3) is 10.8 Å². The number of amidine groups is 2. The Morgan fingerprint density at radius 3 is 0.516 bits per heavy atom. The van der Waals surface area contributed by atoms with Gasteiger partial charge >= 0.3 is 0 Å². The van der Waals surface area contributed by atoms with Crippen molar-refractivity contribution in [3.8, 4) is 0 Å². The zero-order chi connectivity index (χ0) is 51.7. The van der Waals surface area contributed by atoms with Gasteiger partial charge in [-0.3, -0.25) is 15.8 Å². The van der Waals surface area contributed by atoms with E-state index >= 15 is 0 Å². The van der Waals surface area contributed by atoms with Gasteiger partial charge in [-0.2, -0.15) is 0 Å². The smallest absolute Gasteiger partial charge is 0.185 e. The minimum Gasteiger partial charge on any atom is -0.388 e. The Hall–Kier alpha value is -5.47. The molecular formula is C56H100N8. The quantitative estimate of drug-likeness (QED) is 0.0600. The van der Waals surface area contributed by atoms with Crippen molar-refractivity contribution in [2.45, 2.75) is 132 Å². The molecule has 364 valence electrons. The monoisotopic (exact) mass is 885 g/mol. The van der Waals surface area contributed by atoms with E-state index in [-0.39, 0.29) is 17.6 Å². The number of rotatable bonds is 0. The van der Waals surface area contributed by atoms with Crippen LogP contribution in [0.15, 0.2) is 163 Å². The van der Waals surface area contributed by atoms with Gasteiger partial charge in [-0.25, -0.2) is 0 Å². The van der Waals surface area contributed by atoms with Crippen molar-refractivity contribution in [1.29, 1.82) is 10.8 Å². The van der Waals surface area contributed by atoms with Crippen LogP contribution >= 0.6 is 0 Å². The molecule has 0 spiro atoms. The van der Waals surface area contributed by atoms with E-state index in [2.05, 4.69) is 164 Å². The van der Waals surface area contributed by atoms with Crippen LogP contribution in [0.3, 0.4) is 0 Å². The first-order valence-corrected chi connectivity index (χ1v) is 21.8. The van der Waals surface area contributed by atoms with Crippen molar-refractivity contribution in [3.05, 3.63) is 158 Å². The zero-order valence-electron chi connectivity index (χ0n) is 44.6. The second-order valence-electron chi connectivity index (χ2n) is 20.2. The van der Waals surface area contributed by atoms with Gasteiger partial charge in [-0.1, -0.05) is 275 Å². The normalized spacial score (nSPS) is 9.14. The number of nitrogens with one attached hydrogen (secondary N) is 2. The van der Waals surface area contributed by atoms with Crippen molar-refractivity contribution in [3.63, 3.8) is 0 Å². The zero-order valence-corrected chi connectivity index (χ0v) is 44.6. The highest BCUT2D eigenvalue weighted by molar-refractivity contribution is 5.82. The van der Waals surface area contributed by atoms with Gasteiger partial charge < -0.3 is 28.7 Å². The van der Waals surface area contributed by atoms with E-state index in [1.807, 2.05) is 116 Å². The van der Waals surface area contributed by atoms with Crippen molar-refractivity contribution in [1.82, 2.24) is 0 Å². The molecule has 0 bridgehead atoms. The van der Waals surface area contributed by atoms with Gasteiger partial charge in [0.1, 0.15) is 0 Å². The molecule has 0 saturated carbocycles. The highest BCUT2D eigenvalue weighted by atomic mass is 15.0. The van der Waals surface area contributed by atoms with Crippen LogP contribution in [0.2, 0.25) is 0 Å². The van der Waals surface area contributed by atoms with Crippen LogP contribution in [0, 0.1) is 32.5 Å². The van der Waals surface area contributed by atoms with Crippen LogP contribution in [-0.4, -0.2) is 31.2 Å². The average molecular weight is 885 g/mol. The molecular weight excluding hydrogens is 785 g/mol. The maximum Gasteiger partial charge on any atom is 0.185 e. The molecule has 8 nitrogen and oxygen atoms in total. The fourth-order valence-corrected chi connectivity index (χ4v) is 2.29. The van der Waals surface area contributed by atoms with Crippen molar-refractivity contribution < 1.29 is 0 Å². The average Bonchev–Trinajstić information content (AvgIpc) is 3.15. The van der Waals surface area contributed by atoms with Gasteiger partial charge in [0, 0.05) is 7.05 Å². The molecule has 0 fully saturated rings. The Morgan fingerprint density at radius 2 is 0.453 bits per heavy atom. The summed E-state index contributed by atoms with van der Waals surface area (Å²) in [5.41, 5.74) is 25.9. The lowest BCUT2D eigenvalue weighted by Crippen LogP contribution is -2.21. The molecule has 0 aliphatic rings. The largest absolute Gasteiger partial charge is 0.388 e. The lowest BCUT2D eigenvalue weighted by atomic mass is 10.0. The summed E-state index contributed by atoms with van der Waals surface area (Å²) in [4.78, 5) is 3.36. The summed E-state index contributed by atoms with van der Waals surface area (Å²) in [7, 11) is 1.54. The van der Waals surface area contributed by atoms with Crippen LogP contribution in [0.4, 0.5) is 0 Å². The summed E-state index contributed by atoms with van der Waals surface area (Å²) in [6, 6.07) is 52.7. The van der Waals surface area contributed by atoms with E-state index in [1.165, 1.54) is 31.7 Å². The summed E-state index contributed by atoms with van der Waals surface area (Å²) in [5, 5.41) is 15.2. The van der Waals surface area contributed by atoms with E-state index in [4.69, 9.17) is 39.5 Å². The molecule has 0 aliphatic heterocycles. The van der Waals surface area contributed by atoms with Crippen LogP contribution in [0.5, 0.6) is 0 Å². The Bertz CT molecular complexity index is 1350. The molecule has 0 atom stereocenters. The van der Waals surface area contributed by atoms with E-state index < -0.39 is 0 Å². The molecule has 0 unspecified atom stereocenters. The van der Waals surface area contributed by atoms with Gasteiger partial charge in [0.15, 0.2) is 5.96 Å². The first kappa shape index (κ1) is 73.0. The van der Waals surface area contributed by atoms with Crippen LogP contribution in [0.1, 0.15) is 132 Å². The molecule has 64 heavy (non-hydrogen) atoms. The molecule has 5 aromatic rings. The number of guanidine groups is 1. The fraction of sp³-hybridized carbons (Fsp3) is 0.446. The lowest BCUT2D eigenvalue weighted by molar-refractivity contribution is 0.469. The van der Waals surface area contributed by atoms with Crippen molar-refractivity contribution >= 4 is 28.4 Å². The maximum absolute atomic E-state index is 6.28. The Balaban J connectivity index is -0.000000112. The Morgan fingerprint density at radius 1 is 0.375 bits per heavy atom. The van der Waals surface area contributed by atoms with Gasteiger partial charge in [-0.15, -0.1) is 0 Å². The Kier molecular flexibility index (Phi) is 55.4. The molecule has 0 aliphatic carbocycles. The number of nitrogens with two attached hydrogens (primary N) is 5. The molecule has 8 heteroatoms. The topological polar surface area (TPSA) is 190 Å². The highest BCUT2D eigenvalue weighted by Gasteiger charge is 1.97. The second kappa shape index (κ2) is 48.6. The van der Waals surface area contributed by atoms with Gasteiger partial charge in [0.05, 0.1) is 11.7 Å². The SMILES string of the molecule is CC(=N)N.CC(=N)N.CC(C)(C)C.CC(C)(C)C.CC(C)(C)C.CC(C)(C)C.CCN.CN=C(N)N.c1ccc2ccccc2c1.c1ccccc1.c1ccccc1.c1ccccc1. The summed E-state index contributed by atoms with van der Waals surface area (Å²) in [6.07, 6.45) is 0. The van der Waals surface area contributed by atoms with Crippen LogP contribution in [-0.2, 0) is 0 Å². The second-order valence-corrected chi connectivity index (χ2v) is 20.2. The number of fused-ring (bicyclic) bond motifs is 1. The third-order valence-corrected chi connectivity index (χ3v) is 3.92. The van der Waals surface area contributed by atoms with E-state index in [9.17, 15) is 0 Å². The summed E-state index contributed by atoms with van der Waals surface area (Å²) in [6.45, 7) is 40.7. The Labute approximate surface area is 396 Å². The molecule has 0 aromatic heterocycles. The molecule has 0 saturated heterocycles. The molecule has 5 rings (SSSR count). The van der Waals surface area contributed by atoms with Gasteiger partial charge in [0.2, 0.25) is 0 Å². The summed E-state index contributed by atoms with van der Waals surface area (Å²) in [5.74, 6) is 0.463. The predicted octanol–water partition coefficient (Wildman–Crippen LogP) is 14.8. The van der Waals surface area contributed by atoms with Crippen molar-refractivity contribution in [2.75, 3.05) is 13.6 Å². The number of nitrogens with zero attached hydrogens (tertiary/aromatic N) is 1. The first-order valence-electron chi connectivity index (χ1n) is 21.8. The summed E-state index contributed by atoms with van der Waals surface area (Å²) >= 11 is 0. The number of aliphatic imine (C=N–C) groups is 1. The first-order chi connectivity index (χ1) is 29.1. The molecule has 0 amide bonds.